The van der Waals surface area contributed by atoms with Crippen molar-refractivity contribution in [2.24, 2.45) is 5.73 Å². The number of rotatable bonds is 6. The Morgan fingerprint density at radius 3 is 2.84 bits per heavy atom. The molecule has 2 unspecified atom stereocenters. The zero-order valence-corrected chi connectivity index (χ0v) is 13.6. The van der Waals surface area contributed by atoms with Crippen molar-refractivity contribution in [2.75, 3.05) is 7.05 Å². The van der Waals surface area contributed by atoms with Crippen LogP contribution in [0.25, 0.3) is 0 Å². The summed E-state index contributed by atoms with van der Waals surface area (Å²) in [4.78, 5) is 2.25. The van der Waals surface area contributed by atoms with E-state index in [1.54, 1.807) is 17.6 Å². The van der Waals surface area contributed by atoms with Crippen molar-refractivity contribution in [1.82, 2.24) is 4.90 Å². The van der Waals surface area contributed by atoms with Gasteiger partial charge in [0, 0.05) is 12.6 Å². The largest absolute Gasteiger partial charge is 0.468 e. The SMILES string of the molecule is CCC(N)C(c1ccco1)N(C)Cc1csc(Br)c1. The highest BCUT2D eigenvalue weighted by Gasteiger charge is 2.25. The minimum atomic E-state index is 0.0678. The lowest BCUT2D eigenvalue weighted by molar-refractivity contribution is 0.176. The molecule has 0 radical (unpaired) electrons. The molecule has 5 heteroatoms. The van der Waals surface area contributed by atoms with Crippen LogP contribution in [0, 0.1) is 0 Å². The summed E-state index contributed by atoms with van der Waals surface area (Å²) in [6, 6.07) is 6.24. The third-order valence-corrected chi connectivity index (χ3v) is 4.79. The third-order valence-electron chi connectivity index (χ3n) is 3.24. The first kappa shape index (κ1) is 14.8. The van der Waals surface area contributed by atoms with Gasteiger partial charge in [-0.3, -0.25) is 4.90 Å². The Balaban J connectivity index is 2.14. The van der Waals surface area contributed by atoms with Gasteiger partial charge in [0.2, 0.25) is 0 Å². The molecular formula is C14H19BrN2OS. The number of hydrogen-bond donors (Lipinski definition) is 1. The fraction of sp³-hybridized carbons (Fsp3) is 0.429. The maximum atomic E-state index is 6.26. The number of furan rings is 1. The highest BCUT2D eigenvalue weighted by molar-refractivity contribution is 9.11. The van der Waals surface area contributed by atoms with Crippen LogP contribution < -0.4 is 5.73 Å². The molecule has 2 atom stereocenters. The second-order valence-electron chi connectivity index (χ2n) is 4.71. The molecule has 19 heavy (non-hydrogen) atoms. The van der Waals surface area contributed by atoms with Crippen LogP contribution in [0.2, 0.25) is 0 Å². The summed E-state index contributed by atoms with van der Waals surface area (Å²) in [7, 11) is 2.09. The van der Waals surface area contributed by atoms with E-state index in [0.29, 0.717) is 0 Å². The normalized spacial score (nSPS) is 14.8. The molecule has 2 heterocycles. The first-order valence-electron chi connectivity index (χ1n) is 6.34. The highest BCUT2D eigenvalue weighted by atomic mass is 79.9. The summed E-state index contributed by atoms with van der Waals surface area (Å²) in [5.41, 5.74) is 7.55. The van der Waals surface area contributed by atoms with Crippen LogP contribution in [-0.2, 0) is 6.54 Å². The van der Waals surface area contributed by atoms with Gasteiger partial charge in [-0.25, -0.2) is 0 Å². The van der Waals surface area contributed by atoms with Gasteiger partial charge in [-0.1, -0.05) is 6.92 Å². The van der Waals surface area contributed by atoms with Crippen molar-refractivity contribution >= 4 is 27.3 Å². The van der Waals surface area contributed by atoms with E-state index in [-0.39, 0.29) is 12.1 Å². The highest BCUT2D eigenvalue weighted by Crippen LogP contribution is 2.28. The van der Waals surface area contributed by atoms with Gasteiger partial charge in [0.1, 0.15) is 5.76 Å². The van der Waals surface area contributed by atoms with Gasteiger partial charge in [-0.2, -0.15) is 0 Å². The molecule has 2 aromatic heterocycles. The number of likely N-dealkylation sites (N-methyl/N-ethyl adjacent to an activating group) is 1. The summed E-state index contributed by atoms with van der Waals surface area (Å²) < 4.78 is 6.71. The molecule has 0 aliphatic carbocycles. The first-order valence-corrected chi connectivity index (χ1v) is 8.01. The van der Waals surface area contributed by atoms with E-state index in [2.05, 4.69) is 46.2 Å². The molecule has 2 aromatic rings. The molecule has 104 valence electrons. The van der Waals surface area contributed by atoms with Gasteiger partial charge in [-0.15, -0.1) is 11.3 Å². The van der Waals surface area contributed by atoms with E-state index >= 15 is 0 Å². The summed E-state index contributed by atoms with van der Waals surface area (Å²) in [5, 5.41) is 2.16. The Morgan fingerprint density at radius 2 is 2.32 bits per heavy atom. The summed E-state index contributed by atoms with van der Waals surface area (Å²) in [5.74, 6) is 0.936. The van der Waals surface area contributed by atoms with E-state index in [1.807, 2.05) is 12.1 Å². The van der Waals surface area contributed by atoms with Gasteiger partial charge in [-0.05, 0) is 58.5 Å². The lowest BCUT2D eigenvalue weighted by Gasteiger charge is -2.30. The van der Waals surface area contributed by atoms with Gasteiger partial charge >= 0.3 is 0 Å². The number of hydrogen-bond acceptors (Lipinski definition) is 4. The van der Waals surface area contributed by atoms with Crippen LogP contribution >= 0.6 is 27.3 Å². The molecule has 0 bridgehead atoms. The van der Waals surface area contributed by atoms with Gasteiger partial charge in [0.15, 0.2) is 0 Å². The Hall–Kier alpha value is -0.620. The predicted octanol–water partition coefficient (Wildman–Crippen LogP) is 4.01. The molecule has 0 aliphatic rings. The molecule has 0 fully saturated rings. The van der Waals surface area contributed by atoms with Gasteiger partial charge in [0.05, 0.1) is 16.1 Å². The minimum absolute atomic E-state index is 0.0678. The van der Waals surface area contributed by atoms with Crippen molar-refractivity contribution in [3.63, 3.8) is 0 Å². The standard InChI is InChI=1S/C14H19BrN2OS/c1-3-11(16)14(12-5-4-6-18-12)17(2)8-10-7-13(15)19-9-10/h4-7,9,11,14H,3,8,16H2,1-2H3. The molecule has 0 amide bonds. The van der Waals surface area contributed by atoms with Crippen LogP contribution in [0.15, 0.2) is 38.0 Å². The molecule has 0 spiro atoms. The fourth-order valence-electron chi connectivity index (χ4n) is 2.25. The number of nitrogens with two attached hydrogens (primary N) is 1. The number of halogens is 1. The second-order valence-corrected chi connectivity index (χ2v) is 7.00. The van der Waals surface area contributed by atoms with Crippen LogP contribution in [0.1, 0.15) is 30.7 Å². The topological polar surface area (TPSA) is 42.4 Å². The van der Waals surface area contributed by atoms with Crippen molar-refractivity contribution in [2.45, 2.75) is 32.0 Å². The Bertz CT molecular complexity index is 497. The number of thiophene rings is 1. The Morgan fingerprint density at radius 1 is 1.53 bits per heavy atom. The maximum absolute atomic E-state index is 6.26. The second kappa shape index (κ2) is 6.70. The molecule has 0 saturated carbocycles. The van der Waals surface area contributed by atoms with E-state index in [0.717, 1.165) is 22.5 Å². The fourth-order valence-corrected chi connectivity index (χ4v) is 3.45. The molecule has 0 aromatic carbocycles. The molecule has 3 nitrogen and oxygen atoms in total. The minimum Gasteiger partial charge on any atom is -0.468 e. The predicted molar refractivity (Wildman–Crippen MR) is 83.2 cm³/mol. The lowest BCUT2D eigenvalue weighted by atomic mass is 10.0. The Kier molecular flexibility index (Phi) is 5.21. The molecular weight excluding hydrogens is 324 g/mol. The lowest BCUT2D eigenvalue weighted by Crippen LogP contribution is -2.38. The Labute approximate surface area is 126 Å². The van der Waals surface area contributed by atoms with Gasteiger partial charge < -0.3 is 10.2 Å². The zero-order valence-electron chi connectivity index (χ0n) is 11.2. The van der Waals surface area contributed by atoms with E-state index in [1.165, 1.54) is 5.56 Å². The molecule has 2 rings (SSSR count). The van der Waals surface area contributed by atoms with Crippen LogP contribution in [-0.4, -0.2) is 18.0 Å². The van der Waals surface area contributed by atoms with Crippen LogP contribution in [0.4, 0.5) is 0 Å². The van der Waals surface area contributed by atoms with Crippen molar-refractivity contribution in [3.8, 4) is 0 Å². The van der Waals surface area contributed by atoms with E-state index < -0.39 is 0 Å². The average Bonchev–Trinajstić information content (AvgIpc) is 3.01. The van der Waals surface area contributed by atoms with Crippen molar-refractivity contribution in [3.05, 3.63) is 45.0 Å². The first-order chi connectivity index (χ1) is 9.11. The maximum Gasteiger partial charge on any atom is 0.122 e. The zero-order chi connectivity index (χ0) is 13.8. The van der Waals surface area contributed by atoms with E-state index in [9.17, 15) is 0 Å². The monoisotopic (exact) mass is 342 g/mol. The van der Waals surface area contributed by atoms with Crippen molar-refractivity contribution < 1.29 is 4.42 Å². The van der Waals surface area contributed by atoms with Crippen LogP contribution in [0.5, 0.6) is 0 Å². The summed E-state index contributed by atoms with van der Waals surface area (Å²) in [6.07, 6.45) is 2.63. The van der Waals surface area contributed by atoms with Gasteiger partial charge in [0.25, 0.3) is 0 Å². The van der Waals surface area contributed by atoms with E-state index in [4.69, 9.17) is 10.2 Å². The molecule has 0 aliphatic heterocycles. The number of nitrogens with zero attached hydrogens (tertiary/aromatic N) is 1. The summed E-state index contributed by atoms with van der Waals surface area (Å²) in [6.45, 7) is 2.97. The van der Waals surface area contributed by atoms with Crippen LogP contribution in [0.3, 0.4) is 0 Å². The molecule has 2 N–H and O–H groups in total. The smallest absolute Gasteiger partial charge is 0.122 e. The third kappa shape index (κ3) is 3.69. The molecule has 0 saturated heterocycles. The average molecular weight is 343 g/mol. The quantitative estimate of drug-likeness (QED) is 0.862. The van der Waals surface area contributed by atoms with Crippen molar-refractivity contribution in [1.29, 1.82) is 0 Å². The summed E-state index contributed by atoms with van der Waals surface area (Å²) >= 11 is 5.20.